The molecule has 1 aromatic heterocycles. The van der Waals surface area contributed by atoms with E-state index in [1.54, 1.807) is 0 Å². The molecule has 0 saturated heterocycles. The molecule has 17 heavy (non-hydrogen) atoms. The van der Waals surface area contributed by atoms with Crippen molar-refractivity contribution >= 4 is 11.9 Å². The van der Waals surface area contributed by atoms with E-state index in [2.05, 4.69) is 5.32 Å². The van der Waals surface area contributed by atoms with Crippen LogP contribution in [0.15, 0.2) is 18.5 Å². The summed E-state index contributed by atoms with van der Waals surface area (Å²) in [5, 5.41) is 11.0. The number of amides is 1. The fraction of sp³-hybridized carbons (Fsp3) is 0.500. The average molecular weight is 238 g/mol. The number of aryl methyl sites for hydroxylation is 2. The number of carboxylic acid groups (broad SMARTS) is 1. The van der Waals surface area contributed by atoms with Crippen molar-refractivity contribution in [3.8, 4) is 0 Å². The van der Waals surface area contributed by atoms with Gasteiger partial charge in [-0.3, -0.25) is 9.59 Å². The van der Waals surface area contributed by atoms with Crippen LogP contribution in [0.5, 0.6) is 0 Å². The summed E-state index contributed by atoms with van der Waals surface area (Å²) in [6, 6.07) is 1.19. The molecule has 0 saturated carbocycles. The number of carbonyl (C=O) groups excluding carboxylic acids is 1. The largest absolute Gasteiger partial charge is 0.480 e. The molecule has 0 fully saturated rings. The van der Waals surface area contributed by atoms with Crippen molar-refractivity contribution < 1.29 is 14.7 Å². The zero-order chi connectivity index (χ0) is 12.8. The second-order valence-electron chi connectivity index (χ2n) is 4.17. The van der Waals surface area contributed by atoms with Crippen LogP contribution >= 0.6 is 0 Å². The first-order valence-electron chi connectivity index (χ1n) is 5.62. The summed E-state index contributed by atoms with van der Waals surface area (Å²) in [4.78, 5) is 21.9. The molecule has 1 rings (SSSR count). The molecule has 0 spiro atoms. The number of aromatic nitrogens is 1. The van der Waals surface area contributed by atoms with E-state index in [0.29, 0.717) is 6.42 Å². The first kappa shape index (κ1) is 13.3. The molecule has 0 aromatic carbocycles. The van der Waals surface area contributed by atoms with Gasteiger partial charge in [-0.2, -0.15) is 0 Å². The molecular weight excluding hydrogens is 220 g/mol. The van der Waals surface area contributed by atoms with Crippen LogP contribution in [-0.2, 0) is 23.1 Å². The predicted molar refractivity (Wildman–Crippen MR) is 63.6 cm³/mol. The van der Waals surface area contributed by atoms with E-state index in [-0.39, 0.29) is 5.91 Å². The average Bonchev–Trinajstić information content (AvgIpc) is 2.64. The molecule has 1 atom stereocenters. The summed E-state index contributed by atoms with van der Waals surface area (Å²) in [5.41, 5.74) is 1.19. The van der Waals surface area contributed by atoms with Crippen molar-refractivity contribution in [2.75, 3.05) is 0 Å². The number of nitrogens with one attached hydrogen (secondary N) is 1. The Morgan fingerprint density at radius 2 is 2.24 bits per heavy atom. The summed E-state index contributed by atoms with van der Waals surface area (Å²) in [7, 11) is 1.95. The maximum atomic E-state index is 11.4. The number of carboxylic acids is 1. The zero-order valence-electron chi connectivity index (χ0n) is 10.1. The highest BCUT2D eigenvalue weighted by molar-refractivity contribution is 5.83. The molecule has 94 valence electrons. The van der Waals surface area contributed by atoms with Crippen molar-refractivity contribution in [3.63, 3.8) is 0 Å². The van der Waals surface area contributed by atoms with Gasteiger partial charge in [-0.05, 0) is 31.4 Å². The quantitative estimate of drug-likeness (QED) is 0.774. The van der Waals surface area contributed by atoms with Gasteiger partial charge in [0.1, 0.15) is 6.04 Å². The Kier molecular flexibility index (Phi) is 4.75. The fourth-order valence-corrected chi connectivity index (χ4v) is 1.54. The number of nitrogens with zero attached hydrogens (tertiary/aromatic N) is 1. The summed E-state index contributed by atoms with van der Waals surface area (Å²) >= 11 is 0. The van der Waals surface area contributed by atoms with Crippen molar-refractivity contribution in [1.29, 1.82) is 0 Å². The van der Waals surface area contributed by atoms with Crippen LogP contribution in [0.25, 0.3) is 0 Å². The number of hydrogen-bond donors (Lipinski definition) is 2. The zero-order valence-corrected chi connectivity index (χ0v) is 10.1. The van der Waals surface area contributed by atoms with Crippen molar-refractivity contribution in [2.45, 2.75) is 32.2 Å². The number of aliphatic carboxylic acids is 1. The Bertz CT molecular complexity index is 398. The Hall–Kier alpha value is -1.78. The Morgan fingerprint density at radius 1 is 1.53 bits per heavy atom. The molecule has 5 nitrogen and oxygen atoms in total. The summed E-state index contributed by atoms with van der Waals surface area (Å²) in [5.74, 6) is -1.22. The minimum atomic E-state index is -1.01. The van der Waals surface area contributed by atoms with Crippen molar-refractivity contribution in [1.82, 2.24) is 9.88 Å². The fourth-order valence-electron chi connectivity index (χ4n) is 1.54. The minimum absolute atomic E-state index is 0.212. The second kappa shape index (κ2) is 6.08. The van der Waals surface area contributed by atoms with E-state index in [1.165, 1.54) is 12.5 Å². The third-order valence-electron chi connectivity index (χ3n) is 2.51. The smallest absolute Gasteiger partial charge is 0.325 e. The van der Waals surface area contributed by atoms with Gasteiger partial charge in [-0.15, -0.1) is 0 Å². The van der Waals surface area contributed by atoms with Crippen LogP contribution in [0.1, 0.15) is 25.3 Å². The highest BCUT2D eigenvalue weighted by Gasteiger charge is 2.13. The van der Waals surface area contributed by atoms with Gasteiger partial charge in [-0.1, -0.05) is 0 Å². The van der Waals surface area contributed by atoms with Gasteiger partial charge in [0.05, 0.1) is 0 Å². The third kappa shape index (κ3) is 4.72. The topological polar surface area (TPSA) is 71.3 Å². The van der Waals surface area contributed by atoms with Crippen LogP contribution in [0.4, 0.5) is 0 Å². The Morgan fingerprint density at radius 3 is 2.76 bits per heavy atom. The maximum absolute atomic E-state index is 11.4. The molecule has 0 aliphatic rings. The van der Waals surface area contributed by atoms with Gasteiger partial charge >= 0.3 is 5.97 Å². The van der Waals surface area contributed by atoms with E-state index >= 15 is 0 Å². The Balaban J connectivity index is 2.22. The molecule has 1 amide bonds. The second-order valence-corrected chi connectivity index (χ2v) is 4.17. The maximum Gasteiger partial charge on any atom is 0.325 e. The SMILES string of the molecule is CC(NC(=O)CCCc1ccn(C)c1)C(=O)O. The van der Waals surface area contributed by atoms with E-state index in [9.17, 15) is 9.59 Å². The number of hydrogen-bond acceptors (Lipinski definition) is 2. The van der Waals surface area contributed by atoms with Gasteiger partial charge in [-0.25, -0.2) is 0 Å². The highest BCUT2D eigenvalue weighted by atomic mass is 16.4. The Labute approximate surface area is 100 Å². The van der Waals surface area contributed by atoms with Gasteiger partial charge < -0.3 is 15.0 Å². The predicted octanol–water partition coefficient (Wildman–Crippen LogP) is 0.937. The first-order valence-corrected chi connectivity index (χ1v) is 5.62. The summed E-state index contributed by atoms with van der Waals surface area (Å²) in [6.45, 7) is 1.46. The molecule has 0 bridgehead atoms. The molecule has 1 heterocycles. The van der Waals surface area contributed by atoms with Crippen molar-refractivity contribution in [2.24, 2.45) is 7.05 Å². The third-order valence-corrected chi connectivity index (χ3v) is 2.51. The lowest BCUT2D eigenvalue weighted by atomic mass is 10.1. The lowest BCUT2D eigenvalue weighted by Gasteiger charge is -2.08. The summed E-state index contributed by atoms with van der Waals surface area (Å²) in [6.07, 6.45) is 5.88. The van der Waals surface area contributed by atoms with Gasteiger partial charge in [0.15, 0.2) is 0 Å². The normalized spacial score (nSPS) is 12.1. The van der Waals surface area contributed by atoms with Crippen molar-refractivity contribution in [3.05, 3.63) is 24.0 Å². The monoisotopic (exact) mass is 238 g/mol. The highest BCUT2D eigenvalue weighted by Crippen LogP contribution is 2.05. The van der Waals surface area contributed by atoms with E-state index in [4.69, 9.17) is 5.11 Å². The van der Waals surface area contributed by atoms with E-state index < -0.39 is 12.0 Å². The van der Waals surface area contributed by atoms with Crippen LogP contribution in [0.3, 0.4) is 0 Å². The molecule has 0 radical (unpaired) electrons. The van der Waals surface area contributed by atoms with Crippen LogP contribution in [0.2, 0.25) is 0 Å². The van der Waals surface area contributed by atoms with E-state index in [1.807, 2.05) is 30.1 Å². The molecule has 5 heteroatoms. The lowest BCUT2D eigenvalue weighted by Crippen LogP contribution is -2.38. The van der Waals surface area contributed by atoms with E-state index in [0.717, 1.165) is 12.8 Å². The molecule has 2 N–H and O–H groups in total. The van der Waals surface area contributed by atoms with Gasteiger partial charge in [0.2, 0.25) is 5.91 Å². The van der Waals surface area contributed by atoms with Gasteiger partial charge in [0, 0.05) is 25.9 Å². The molecule has 1 unspecified atom stereocenters. The number of carbonyl (C=O) groups is 2. The van der Waals surface area contributed by atoms with Gasteiger partial charge in [0.25, 0.3) is 0 Å². The standard InChI is InChI=1S/C12H18N2O3/c1-9(12(16)17)13-11(15)5-3-4-10-6-7-14(2)8-10/h6-9H,3-5H2,1-2H3,(H,13,15)(H,16,17). The van der Waals surface area contributed by atoms with Crippen LogP contribution in [0, 0.1) is 0 Å². The minimum Gasteiger partial charge on any atom is -0.480 e. The molecule has 0 aliphatic carbocycles. The molecular formula is C12H18N2O3. The van der Waals surface area contributed by atoms with Crippen LogP contribution in [-0.4, -0.2) is 27.6 Å². The first-order chi connectivity index (χ1) is 7.99. The lowest BCUT2D eigenvalue weighted by molar-refractivity contribution is -0.141. The summed E-state index contributed by atoms with van der Waals surface area (Å²) < 4.78 is 1.96. The van der Waals surface area contributed by atoms with Crippen LogP contribution < -0.4 is 5.32 Å². The molecule has 1 aromatic rings. The number of rotatable bonds is 6. The molecule has 0 aliphatic heterocycles.